The highest BCUT2D eigenvalue weighted by Crippen LogP contribution is 2.31. The first-order valence-corrected chi connectivity index (χ1v) is 10.2. The molecule has 0 aliphatic carbocycles. The molecular weight excluding hydrogens is 368 g/mol. The van der Waals surface area contributed by atoms with Crippen LogP contribution in [0.5, 0.6) is 0 Å². The lowest BCUT2D eigenvalue weighted by Gasteiger charge is -2.19. The second kappa shape index (κ2) is 8.35. The van der Waals surface area contributed by atoms with Gasteiger partial charge in [0.15, 0.2) is 0 Å². The number of nitrogens with zero attached hydrogens (tertiary/aromatic N) is 2. The third kappa shape index (κ3) is 4.28. The molecule has 1 fully saturated rings. The van der Waals surface area contributed by atoms with Crippen LogP contribution in [0.1, 0.15) is 16.8 Å². The molecule has 2 aromatic carbocycles. The van der Waals surface area contributed by atoms with Crippen molar-refractivity contribution in [2.75, 3.05) is 29.0 Å². The molecule has 28 heavy (non-hydrogen) atoms. The van der Waals surface area contributed by atoms with Gasteiger partial charge in [-0.1, -0.05) is 18.2 Å². The highest BCUT2D eigenvalue weighted by Gasteiger charge is 2.24. The monoisotopic (exact) mass is 390 g/mol. The van der Waals surface area contributed by atoms with Gasteiger partial charge in [0.2, 0.25) is 0 Å². The summed E-state index contributed by atoms with van der Waals surface area (Å²) < 4.78 is 0. The van der Waals surface area contributed by atoms with Crippen molar-refractivity contribution in [1.29, 1.82) is 0 Å². The Morgan fingerprint density at radius 1 is 1.07 bits per heavy atom. The fourth-order valence-electron chi connectivity index (χ4n) is 3.28. The van der Waals surface area contributed by atoms with Crippen molar-refractivity contribution in [3.8, 4) is 0 Å². The van der Waals surface area contributed by atoms with Gasteiger partial charge >= 0.3 is 0 Å². The van der Waals surface area contributed by atoms with Crippen molar-refractivity contribution >= 4 is 34.7 Å². The molecule has 0 saturated carbocycles. The van der Waals surface area contributed by atoms with Gasteiger partial charge in [-0.3, -0.25) is 4.79 Å². The Bertz CT molecular complexity index is 946. The molecule has 1 unspecified atom stereocenters. The summed E-state index contributed by atoms with van der Waals surface area (Å²) in [5.74, 6) is -0.158. The number of benzene rings is 2. The molecule has 1 atom stereocenters. The van der Waals surface area contributed by atoms with Crippen LogP contribution in [-0.2, 0) is 0 Å². The Labute approximate surface area is 169 Å². The molecule has 0 bridgehead atoms. The zero-order chi connectivity index (χ0) is 19.3. The Balaban J connectivity index is 1.37. The number of carbonyl (C=O) groups is 1. The number of thioether (sulfide) groups is 1. The van der Waals surface area contributed by atoms with E-state index in [0.717, 1.165) is 30.2 Å². The van der Waals surface area contributed by atoms with E-state index in [2.05, 4.69) is 21.3 Å². The maximum atomic E-state index is 12.5. The number of para-hydroxylation sites is 2. The molecule has 1 aliphatic rings. The van der Waals surface area contributed by atoms with E-state index in [1.54, 1.807) is 12.1 Å². The van der Waals surface area contributed by atoms with E-state index >= 15 is 0 Å². The predicted molar refractivity (Wildman–Crippen MR) is 116 cm³/mol. The van der Waals surface area contributed by atoms with Crippen LogP contribution in [0.15, 0.2) is 78.0 Å². The number of carbonyl (C=O) groups excluding carboxylic acids is 1. The number of nitrogens with one attached hydrogen (secondary N) is 1. The Hall–Kier alpha value is -2.99. The first kappa shape index (κ1) is 18.4. The molecular formula is C22H22N4OS. The molecule has 1 aromatic heterocycles. The van der Waals surface area contributed by atoms with Gasteiger partial charge in [-0.05, 0) is 55.0 Å². The molecule has 0 spiro atoms. The average molecular weight is 391 g/mol. The van der Waals surface area contributed by atoms with Gasteiger partial charge in [-0.25, -0.2) is 4.98 Å². The molecule has 0 radical (unpaired) electrons. The second-order valence-electron chi connectivity index (χ2n) is 6.73. The number of nitrogens with two attached hydrogens (primary N) is 1. The van der Waals surface area contributed by atoms with Crippen molar-refractivity contribution in [2.24, 2.45) is 0 Å². The zero-order valence-corrected chi connectivity index (χ0v) is 16.2. The van der Waals surface area contributed by atoms with E-state index in [0.29, 0.717) is 22.2 Å². The minimum atomic E-state index is -0.158. The summed E-state index contributed by atoms with van der Waals surface area (Å²) >= 11 is 1.83. The standard InChI is InChI=1S/C22H22N4OS/c23-19-5-1-2-6-20(19)25-22(27)16-8-10-17(11-9-16)26-14-12-18(15-26)28-21-7-3-4-13-24-21/h1-11,13,18H,12,14-15,23H2,(H,25,27). The first-order valence-electron chi connectivity index (χ1n) is 9.27. The lowest BCUT2D eigenvalue weighted by molar-refractivity contribution is 0.102. The van der Waals surface area contributed by atoms with E-state index in [1.807, 2.05) is 66.5 Å². The zero-order valence-electron chi connectivity index (χ0n) is 15.4. The van der Waals surface area contributed by atoms with Crippen molar-refractivity contribution in [1.82, 2.24) is 4.98 Å². The van der Waals surface area contributed by atoms with Crippen LogP contribution in [0.4, 0.5) is 17.1 Å². The molecule has 3 aromatic rings. The Morgan fingerprint density at radius 3 is 2.61 bits per heavy atom. The Morgan fingerprint density at radius 2 is 1.86 bits per heavy atom. The van der Waals surface area contributed by atoms with Crippen LogP contribution in [0.25, 0.3) is 0 Å². The fourth-order valence-corrected chi connectivity index (χ4v) is 4.37. The maximum Gasteiger partial charge on any atom is 0.255 e. The molecule has 4 rings (SSSR count). The van der Waals surface area contributed by atoms with Crippen LogP contribution in [0, 0.1) is 0 Å². The van der Waals surface area contributed by atoms with Crippen molar-refractivity contribution in [2.45, 2.75) is 16.7 Å². The summed E-state index contributed by atoms with van der Waals surface area (Å²) in [6.45, 7) is 1.99. The molecule has 1 saturated heterocycles. The summed E-state index contributed by atoms with van der Waals surface area (Å²) in [7, 11) is 0. The molecule has 1 aliphatic heterocycles. The summed E-state index contributed by atoms with van der Waals surface area (Å²) in [5, 5.41) is 4.46. The minimum Gasteiger partial charge on any atom is -0.397 e. The van der Waals surface area contributed by atoms with Crippen LogP contribution < -0.4 is 16.0 Å². The summed E-state index contributed by atoms with van der Waals surface area (Å²) in [6.07, 6.45) is 2.96. The van der Waals surface area contributed by atoms with Gasteiger partial charge < -0.3 is 16.0 Å². The van der Waals surface area contributed by atoms with Gasteiger partial charge in [0.1, 0.15) is 0 Å². The number of hydrogen-bond donors (Lipinski definition) is 2. The smallest absolute Gasteiger partial charge is 0.255 e. The van der Waals surface area contributed by atoms with E-state index in [-0.39, 0.29) is 5.91 Å². The van der Waals surface area contributed by atoms with Crippen molar-refractivity contribution in [3.05, 3.63) is 78.5 Å². The van der Waals surface area contributed by atoms with Gasteiger partial charge in [-0.15, -0.1) is 11.8 Å². The molecule has 2 heterocycles. The number of nitrogen functional groups attached to an aromatic ring is 1. The molecule has 142 valence electrons. The highest BCUT2D eigenvalue weighted by molar-refractivity contribution is 7.99. The average Bonchev–Trinajstić information content (AvgIpc) is 3.19. The van der Waals surface area contributed by atoms with E-state index in [9.17, 15) is 4.79 Å². The van der Waals surface area contributed by atoms with Gasteiger partial charge in [0.05, 0.1) is 16.4 Å². The van der Waals surface area contributed by atoms with Crippen LogP contribution in [-0.4, -0.2) is 29.2 Å². The largest absolute Gasteiger partial charge is 0.397 e. The maximum absolute atomic E-state index is 12.5. The lowest BCUT2D eigenvalue weighted by atomic mass is 10.1. The summed E-state index contributed by atoms with van der Waals surface area (Å²) in [6, 6.07) is 21.0. The minimum absolute atomic E-state index is 0.158. The van der Waals surface area contributed by atoms with Crippen molar-refractivity contribution < 1.29 is 4.79 Å². The first-order chi connectivity index (χ1) is 13.7. The number of hydrogen-bond acceptors (Lipinski definition) is 5. The molecule has 3 N–H and O–H groups in total. The van der Waals surface area contributed by atoms with Gasteiger partial charge in [0, 0.05) is 35.8 Å². The fraction of sp³-hybridized carbons (Fsp3) is 0.182. The van der Waals surface area contributed by atoms with Gasteiger partial charge in [-0.2, -0.15) is 0 Å². The number of rotatable bonds is 5. The van der Waals surface area contributed by atoms with E-state index < -0.39 is 0 Å². The lowest BCUT2D eigenvalue weighted by Crippen LogP contribution is -2.20. The summed E-state index contributed by atoms with van der Waals surface area (Å²) in [4.78, 5) is 19.2. The van der Waals surface area contributed by atoms with Crippen molar-refractivity contribution in [3.63, 3.8) is 0 Å². The number of aromatic nitrogens is 1. The third-order valence-electron chi connectivity index (χ3n) is 4.77. The Kier molecular flexibility index (Phi) is 5.48. The van der Waals surface area contributed by atoms with Crippen LogP contribution in [0.2, 0.25) is 0 Å². The topological polar surface area (TPSA) is 71.2 Å². The normalized spacial score (nSPS) is 16.1. The number of anilines is 3. The summed E-state index contributed by atoms with van der Waals surface area (Å²) in [5.41, 5.74) is 8.84. The van der Waals surface area contributed by atoms with E-state index in [4.69, 9.17) is 5.73 Å². The van der Waals surface area contributed by atoms with Gasteiger partial charge in [0.25, 0.3) is 5.91 Å². The number of amides is 1. The SMILES string of the molecule is Nc1ccccc1NC(=O)c1ccc(N2CCC(Sc3ccccn3)C2)cc1. The quantitative estimate of drug-likeness (QED) is 0.636. The third-order valence-corrected chi connectivity index (χ3v) is 5.97. The molecule has 6 heteroatoms. The highest BCUT2D eigenvalue weighted by atomic mass is 32.2. The van der Waals surface area contributed by atoms with Crippen LogP contribution >= 0.6 is 11.8 Å². The second-order valence-corrected chi connectivity index (χ2v) is 8.05. The number of pyridine rings is 1. The molecule has 1 amide bonds. The van der Waals surface area contributed by atoms with Crippen LogP contribution in [0.3, 0.4) is 0 Å². The molecule has 5 nitrogen and oxygen atoms in total. The predicted octanol–water partition coefficient (Wildman–Crippen LogP) is 4.29. The van der Waals surface area contributed by atoms with E-state index in [1.165, 1.54) is 0 Å².